The van der Waals surface area contributed by atoms with E-state index in [1.54, 1.807) is 60.1 Å². The zero-order valence-electron chi connectivity index (χ0n) is 26.6. The highest BCUT2D eigenvalue weighted by Gasteiger charge is 2.35. The maximum atomic E-state index is 14.1. The molecule has 1 heterocycles. The van der Waals surface area contributed by atoms with Gasteiger partial charge in [0.2, 0.25) is 17.7 Å². The number of likely N-dealkylation sites (N-methyl/N-ethyl adjacent to an activating group) is 2. The Balaban J connectivity index is 1.78. The lowest BCUT2D eigenvalue weighted by Crippen LogP contribution is -2.56. The van der Waals surface area contributed by atoms with E-state index in [0.717, 1.165) is 21.2 Å². The number of carbonyl (C=O) groups is 4. The number of ether oxygens (including phenoxy) is 2. The lowest BCUT2D eigenvalue weighted by atomic mass is 10.00. The van der Waals surface area contributed by atoms with Crippen molar-refractivity contribution in [3.05, 3.63) is 71.1 Å². The minimum absolute atomic E-state index is 0.0281. The number of fused-ring (bicyclic) bond motifs is 1. The van der Waals surface area contributed by atoms with E-state index in [1.165, 1.54) is 9.80 Å². The van der Waals surface area contributed by atoms with Crippen LogP contribution in [0.15, 0.2) is 60.0 Å². The number of alkyl carbamates (subject to hydrolysis) is 1. The number of hydrogen-bond acceptors (Lipinski definition) is 7. The van der Waals surface area contributed by atoms with E-state index in [1.807, 2.05) is 60.0 Å². The highest BCUT2D eigenvalue weighted by molar-refractivity contribution is 7.17. The topological polar surface area (TPSA) is 131 Å². The first-order chi connectivity index (χ1) is 20.6. The number of rotatable bonds is 13. The van der Waals surface area contributed by atoms with Crippen LogP contribution >= 0.6 is 11.3 Å². The van der Waals surface area contributed by atoms with Crippen LogP contribution in [-0.4, -0.2) is 84.1 Å². The number of benzene rings is 2. The van der Waals surface area contributed by atoms with Crippen LogP contribution in [0.2, 0.25) is 0 Å². The van der Waals surface area contributed by atoms with Crippen molar-refractivity contribution in [1.29, 1.82) is 0 Å². The molecule has 44 heavy (non-hydrogen) atoms. The molecule has 0 saturated heterocycles. The summed E-state index contributed by atoms with van der Waals surface area (Å²) in [6.45, 7) is 8.52. The molecule has 4 amide bonds. The first-order valence-corrected chi connectivity index (χ1v) is 15.4. The second kappa shape index (κ2) is 14.7. The van der Waals surface area contributed by atoms with Crippen LogP contribution in [0, 0.1) is 0 Å². The SMILES string of the molecule is CN(C(=O)COCC(C)(C)NC(=O)OC(C)(C)C)[C@H](Cc1csc2ccccc12)C(=O)N(C)[C@H](Cc1ccccc1)C(N)=O. The van der Waals surface area contributed by atoms with Gasteiger partial charge in [-0.05, 0) is 62.6 Å². The van der Waals surface area contributed by atoms with Crippen molar-refractivity contribution >= 4 is 45.2 Å². The Hall–Kier alpha value is -3.96. The number of nitrogens with two attached hydrogens (primary N) is 1. The summed E-state index contributed by atoms with van der Waals surface area (Å²) in [6.07, 6.45) is -0.115. The second-order valence-electron chi connectivity index (χ2n) is 12.5. The summed E-state index contributed by atoms with van der Waals surface area (Å²) in [5.74, 6) is -1.48. The van der Waals surface area contributed by atoms with Gasteiger partial charge in [0.1, 0.15) is 24.3 Å². The zero-order valence-corrected chi connectivity index (χ0v) is 27.4. The van der Waals surface area contributed by atoms with Crippen molar-refractivity contribution in [2.24, 2.45) is 5.73 Å². The molecule has 3 N–H and O–H groups in total. The Morgan fingerprint density at radius 3 is 2.16 bits per heavy atom. The highest BCUT2D eigenvalue weighted by Crippen LogP contribution is 2.28. The molecule has 0 unspecified atom stereocenters. The molecule has 0 radical (unpaired) electrons. The number of nitrogens with one attached hydrogen (secondary N) is 1. The molecule has 0 aliphatic heterocycles. The fraction of sp³-hybridized carbons (Fsp3) is 0.455. The first kappa shape index (κ1) is 34.5. The smallest absolute Gasteiger partial charge is 0.408 e. The van der Waals surface area contributed by atoms with Gasteiger partial charge in [-0.1, -0.05) is 48.5 Å². The largest absolute Gasteiger partial charge is 0.444 e. The fourth-order valence-electron chi connectivity index (χ4n) is 4.73. The van der Waals surface area contributed by atoms with Crippen LogP contribution < -0.4 is 11.1 Å². The summed E-state index contributed by atoms with van der Waals surface area (Å²) >= 11 is 1.56. The number of carbonyl (C=O) groups excluding carboxylic acids is 4. The van der Waals surface area contributed by atoms with Gasteiger partial charge in [-0.15, -0.1) is 11.3 Å². The summed E-state index contributed by atoms with van der Waals surface area (Å²) in [4.78, 5) is 55.0. The van der Waals surface area contributed by atoms with Crippen molar-refractivity contribution < 1.29 is 28.7 Å². The van der Waals surface area contributed by atoms with Gasteiger partial charge in [-0.25, -0.2) is 4.79 Å². The van der Waals surface area contributed by atoms with Crippen LogP contribution in [0.1, 0.15) is 45.7 Å². The third-order valence-corrected chi connectivity index (χ3v) is 8.08. The Morgan fingerprint density at radius 2 is 1.52 bits per heavy atom. The Kier molecular flexibility index (Phi) is 11.5. The third-order valence-electron chi connectivity index (χ3n) is 7.06. The number of primary amides is 1. The molecule has 10 nitrogen and oxygen atoms in total. The van der Waals surface area contributed by atoms with Gasteiger partial charge in [0.25, 0.3) is 0 Å². The van der Waals surface area contributed by atoms with Gasteiger partial charge in [0.05, 0.1) is 12.1 Å². The van der Waals surface area contributed by atoms with Gasteiger partial charge >= 0.3 is 6.09 Å². The second-order valence-corrected chi connectivity index (χ2v) is 13.5. The van der Waals surface area contributed by atoms with Crippen LogP contribution in [0.4, 0.5) is 4.79 Å². The summed E-state index contributed by atoms with van der Waals surface area (Å²) in [6, 6.07) is 15.4. The van der Waals surface area contributed by atoms with Gasteiger partial charge in [0, 0.05) is 31.6 Å². The van der Waals surface area contributed by atoms with Crippen LogP contribution in [0.3, 0.4) is 0 Å². The molecule has 0 bridgehead atoms. The number of nitrogens with zero attached hydrogens (tertiary/aromatic N) is 2. The molecule has 0 fully saturated rings. The lowest BCUT2D eigenvalue weighted by Gasteiger charge is -2.34. The fourth-order valence-corrected chi connectivity index (χ4v) is 5.70. The Morgan fingerprint density at radius 1 is 0.886 bits per heavy atom. The molecule has 3 rings (SSSR count). The molecular weight excluding hydrogens is 580 g/mol. The molecular formula is C33H44N4O6S. The minimum Gasteiger partial charge on any atom is -0.444 e. The van der Waals surface area contributed by atoms with Crippen molar-refractivity contribution in [3.63, 3.8) is 0 Å². The quantitative estimate of drug-likeness (QED) is 0.294. The summed E-state index contributed by atoms with van der Waals surface area (Å²) in [5.41, 5.74) is 6.07. The maximum absolute atomic E-state index is 14.1. The third kappa shape index (κ3) is 9.78. The van der Waals surface area contributed by atoms with E-state index in [4.69, 9.17) is 15.2 Å². The molecule has 0 spiro atoms. The average Bonchev–Trinajstić information content (AvgIpc) is 3.35. The normalized spacial score (nSPS) is 13.2. The highest BCUT2D eigenvalue weighted by atomic mass is 32.1. The molecule has 2 atom stereocenters. The van der Waals surface area contributed by atoms with E-state index in [2.05, 4.69) is 5.32 Å². The monoisotopic (exact) mass is 624 g/mol. The van der Waals surface area contributed by atoms with E-state index < -0.39 is 47.0 Å². The van der Waals surface area contributed by atoms with E-state index in [0.29, 0.717) is 0 Å². The number of amides is 4. The summed E-state index contributed by atoms with van der Waals surface area (Å²) < 4.78 is 12.1. The molecule has 11 heteroatoms. The summed E-state index contributed by atoms with van der Waals surface area (Å²) in [7, 11) is 3.09. The van der Waals surface area contributed by atoms with Crippen LogP contribution in [-0.2, 0) is 36.7 Å². The van der Waals surface area contributed by atoms with Gasteiger partial charge in [0.15, 0.2) is 0 Å². The number of thiophene rings is 1. The molecule has 0 aliphatic carbocycles. The van der Waals surface area contributed by atoms with E-state index in [9.17, 15) is 19.2 Å². The van der Waals surface area contributed by atoms with Gasteiger partial charge in [-0.2, -0.15) is 0 Å². The zero-order chi connectivity index (χ0) is 32.7. The first-order valence-electron chi connectivity index (χ1n) is 14.5. The number of hydrogen-bond donors (Lipinski definition) is 2. The van der Waals surface area contributed by atoms with Crippen LogP contribution in [0.25, 0.3) is 10.1 Å². The molecule has 3 aromatic rings. The molecule has 1 aromatic heterocycles. The van der Waals surface area contributed by atoms with Crippen molar-refractivity contribution in [1.82, 2.24) is 15.1 Å². The molecule has 2 aromatic carbocycles. The van der Waals surface area contributed by atoms with E-state index in [-0.39, 0.29) is 26.1 Å². The molecule has 0 saturated carbocycles. The van der Waals surface area contributed by atoms with Crippen molar-refractivity contribution in [2.45, 2.75) is 70.7 Å². The van der Waals surface area contributed by atoms with Gasteiger partial charge in [-0.3, -0.25) is 14.4 Å². The minimum atomic E-state index is -0.931. The molecule has 238 valence electrons. The van der Waals surface area contributed by atoms with Gasteiger partial charge < -0.3 is 30.3 Å². The lowest BCUT2D eigenvalue weighted by molar-refractivity contribution is -0.149. The summed E-state index contributed by atoms with van der Waals surface area (Å²) in [5, 5.41) is 5.73. The predicted octanol–water partition coefficient (Wildman–Crippen LogP) is 4.15. The van der Waals surface area contributed by atoms with Crippen molar-refractivity contribution in [3.8, 4) is 0 Å². The Labute approximate surface area is 263 Å². The van der Waals surface area contributed by atoms with Crippen molar-refractivity contribution in [2.75, 3.05) is 27.3 Å². The average molecular weight is 625 g/mol. The van der Waals surface area contributed by atoms with Crippen LogP contribution in [0.5, 0.6) is 0 Å². The Bertz CT molecular complexity index is 1450. The predicted molar refractivity (Wildman–Crippen MR) is 172 cm³/mol. The molecule has 0 aliphatic rings. The standard InChI is InChI=1S/C33H44N4O6S/c1-32(2,3)43-31(41)35-33(4,5)21-42-19-28(38)36(6)26(18-23-20-44-27-16-12-11-15-24(23)27)30(40)37(7)25(29(34)39)17-22-13-9-8-10-14-22/h8-16,20,25-26H,17-19,21H2,1-7H3,(H2,34,39)(H,35,41)/t25-,26-/m1/s1. The maximum Gasteiger partial charge on any atom is 0.408 e. The van der Waals surface area contributed by atoms with E-state index >= 15 is 0 Å².